The van der Waals surface area contributed by atoms with Gasteiger partial charge in [-0.2, -0.15) is 0 Å². The van der Waals surface area contributed by atoms with Crippen molar-refractivity contribution in [3.8, 4) is 16.9 Å². The molecule has 0 aliphatic rings. The summed E-state index contributed by atoms with van der Waals surface area (Å²) in [7, 11) is 0. The number of carbonyl (C=O) groups excluding carboxylic acids is 2. The summed E-state index contributed by atoms with van der Waals surface area (Å²) in [5.41, 5.74) is 3.85. The van der Waals surface area contributed by atoms with E-state index in [0.29, 0.717) is 23.9 Å². The SMILES string of the molecule is Cc1ccc(-c2ccc(OCCNC(=O)Cc3nc(C)c(C(=O)[O-])s3)cc2)cc1. The number of ether oxygens (including phenoxy) is 1. The Morgan fingerprint density at radius 3 is 2.24 bits per heavy atom. The summed E-state index contributed by atoms with van der Waals surface area (Å²) in [6.07, 6.45) is 0.0318. The predicted molar refractivity (Wildman–Crippen MR) is 110 cm³/mol. The Bertz CT molecular complexity index is 995. The number of rotatable bonds is 8. The van der Waals surface area contributed by atoms with Gasteiger partial charge in [-0.05, 0) is 37.1 Å². The van der Waals surface area contributed by atoms with Crippen LogP contribution in [0.5, 0.6) is 5.75 Å². The number of hydrogen-bond acceptors (Lipinski definition) is 6. The van der Waals surface area contributed by atoms with Gasteiger partial charge in [0.25, 0.3) is 0 Å². The first kappa shape index (κ1) is 20.5. The second-order valence-electron chi connectivity index (χ2n) is 6.58. The van der Waals surface area contributed by atoms with E-state index in [0.717, 1.165) is 28.2 Å². The summed E-state index contributed by atoms with van der Waals surface area (Å²) in [6.45, 7) is 4.32. The lowest BCUT2D eigenvalue weighted by molar-refractivity contribution is -0.254. The van der Waals surface area contributed by atoms with Crippen molar-refractivity contribution in [3.05, 3.63) is 69.7 Å². The van der Waals surface area contributed by atoms with Crippen LogP contribution in [0.3, 0.4) is 0 Å². The van der Waals surface area contributed by atoms with Crippen LogP contribution in [0.15, 0.2) is 48.5 Å². The molecule has 150 valence electrons. The van der Waals surface area contributed by atoms with Crippen LogP contribution in [0.2, 0.25) is 0 Å². The Balaban J connectivity index is 1.43. The number of carboxylic acids is 1. The Hall–Kier alpha value is -3.19. The molecular formula is C22H21N2O4S-. The Morgan fingerprint density at radius 1 is 1.03 bits per heavy atom. The maximum absolute atomic E-state index is 12.0. The molecule has 7 heteroatoms. The van der Waals surface area contributed by atoms with Crippen molar-refractivity contribution in [1.29, 1.82) is 0 Å². The van der Waals surface area contributed by atoms with Crippen LogP contribution in [0.4, 0.5) is 0 Å². The lowest BCUT2D eigenvalue weighted by atomic mass is 10.0. The lowest BCUT2D eigenvalue weighted by Gasteiger charge is -2.08. The van der Waals surface area contributed by atoms with Crippen LogP contribution in [-0.4, -0.2) is 30.0 Å². The van der Waals surface area contributed by atoms with Crippen molar-refractivity contribution < 1.29 is 19.4 Å². The van der Waals surface area contributed by atoms with Crippen molar-refractivity contribution in [3.63, 3.8) is 0 Å². The zero-order valence-electron chi connectivity index (χ0n) is 16.2. The molecule has 1 heterocycles. The molecule has 0 spiro atoms. The third kappa shape index (κ3) is 5.65. The van der Waals surface area contributed by atoms with Gasteiger partial charge in [0.15, 0.2) is 0 Å². The quantitative estimate of drug-likeness (QED) is 0.577. The molecule has 0 bridgehead atoms. The van der Waals surface area contributed by atoms with Gasteiger partial charge in [-0.25, -0.2) is 4.98 Å². The highest BCUT2D eigenvalue weighted by atomic mass is 32.1. The molecule has 3 rings (SSSR count). The largest absolute Gasteiger partial charge is 0.544 e. The highest BCUT2D eigenvalue weighted by Gasteiger charge is 2.11. The van der Waals surface area contributed by atoms with Gasteiger partial charge >= 0.3 is 0 Å². The van der Waals surface area contributed by atoms with E-state index in [9.17, 15) is 14.7 Å². The van der Waals surface area contributed by atoms with E-state index in [2.05, 4.69) is 41.5 Å². The number of aromatic carboxylic acids is 1. The molecule has 0 unspecified atom stereocenters. The average molecular weight is 409 g/mol. The van der Waals surface area contributed by atoms with Crippen LogP contribution in [0, 0.1) is 13.8 Å². The van der Waals surface area contributed by atoms with E-state index in [1.165, 1.54) is 5.56 Å². The molecule has 0 aliphatic carbocycles. The molecule has 0 saturated carbocycles. The molecule has 3 aromatic rings. The van der Waals surface area contributed by atoms with E-state index >= 15 is 0 Å². The van der Waals surface area contributed by atoms with Crippen LogP contribution >= 0.6 is 11.3 Å². The van der Waals surface area contributed by atoms with E-state index in [1.54, 1.807) is 6.92 Å². The number of aryl methyl sites for hydroxylation is 2. The van der Waals surface area contributed by atoms with E-state index in [4.69, 9.17) is 4.74 Å². The number of hydrogen-bond donors (Lipinski definition) is 1. The fourth-order valence-electron chi connectivity index (χ4n) is 2.77. The number of benzene rings is 2. The molecule has 1 N–H and O–H groups in total. The van der Waals surface area contributed by atoms with Crippen LogP contribution in [-0.2, 0) is 11.2 Å². The molecule has 1 aromatic heterocycles. The van der Waals surface area contributed by atoms with Crippen molar-refractivity contribution in [2.75, 3.05) is 13.2 Å². The lowest BCUT2D eigenvalue weighted by Crippen LogP contribution is -2.29. The molecule has 6 nitrogen and oxygen atoms in total. The number of amides is 1. The second-order valence-corrected chi connectivity index (χ2v) is 7.66. The first-order chi connectivity index (χ1) is 13.9. The van der Waals surface area contributed by atoms with Crippen molar-refractivity contribution in [2.45, 2.75) is 20.3 Å². The van der Waals surface area contributed by atoms with Crippen LogP contribution in [0.1, 0.15) is 25.9 Å². The zero-order valence-corrected chi connectivity index (χ0v) is 17.0. The molecule has 0 saturated heterocycles. The van der Waals surface area contributed by atoms with E-state index in [1.807, 2.05) is 24.3 Å². The van der Waals surface area contributed by atoms with Crippen LogP contribution in [0.25, 0.3) is 11.1 Å². The first-order valence-corrected chi connectivity index (χ1v) is 9.98. The van der Waals surface area contributed by atoms with Gasteiger partial charge in [0, 0.05) is 0 Å². The topological polar surface area (TPSA) is 91.3 Å². The Kier molecular flexibility index (Phi) is 6.61. The Labute approximate surface area is 173 Å². The van der Waals surface area contributed by atoms with E-state index in [-0.39, 0.29) is 17.2 Å². The number of aromatic nitrogens is 1. The number of carbonyl (C=O) groups is 2. The summed E-state index contributed by atoms with van der Waals surface area (Å²) in [5, 5.41) is 14.1. The molecule has 2 aromatic carbocycles. The molecular weight excluding hydrogens is 388 g/mol. The minimum atomic E-state index is -1.27. The van der Waals surface area contributed by atoms with Gasteiger partial charge in [-0.15, -0.1) is 11.3 Å². The van der Waals surface area contributed by atoms with Crippen molar-refractivity contribution in [2.24, 2.45) is 0 Å². The van der Waals surface area contributed by atoms with Gasteiger partial charge in [-0.1, -0.05) is 42.0 Å². The minimum Gasteiger partial charge on any atom is -0.544 e. The minimum absolute atomic E-state index is 0.0318. The third-order valence-electron chi connectivity index (χ3n) is 4.27. The van der Waals surface area contributed by atoms with Gasteiger partial charge in [0.05, 0.1) is 29.5 Å². The van der Waals surface area contributed by atoms with Gasteiger partial charge < -0.3 is 20.0 Å². The molecule has 0 radical (unpaired) electrons. The van der Waals surface area contributed by atoms with Gasteiger partial charge in [0.1, 0.15) is 17.4 Å². The Morgan fingerprint density at radius 2 is 1.66 bits per heavy atom. The maximum atomic E-state index is 12.0. The summed E-state index contributed by atoms with van der Waals surface area (Å²) in [6, 6.07) is 16.1. The molecule has 0 fully saturated rings. The fourth-order valence-corrected chi connectivity index (χ4v) is 3.66. The van der Waals surface area contributed by atoms with Crippen molar-refractivity contribution >= 4 is 23.2 Å². The number of nitrogens with zero attached hydrogens (tertiary/aromatic N) is 1. The summed E-state index contributed by atoms with van der Waals surface area (Å²) >= 11 is 0.967. The normalized spacial score (nSPS) is 10.6. The number of carboxylic acid groups (broad SMARTS) is 1. The molecule has 1 amide bonds. The monoisotopic (exact) mass is 409 g/mol. The third-order valence-corrected chi connectivity index (χ3v) is 5.41. The first-order valence-electron chi connectivity index (χ1n) is 9.16. The number of thiazole rings is 1. The second kappa shape index (κ2) is 9.34. The van der Waals surface area contributed by atoms with Gasteiger partial charge in [-0.3, -0.25) is 4.79 Å². The molecule has 29 heavy (non-hydrogen) atoms. The highest BCUT2D eigenvalue weighted by molar-refractivity contribution is 7.13. The maximum Gasteiger partial charge on any atom is 0.226 e. The highest BCUT2D eigenvalue weighted by Crippen LogP contribution is 2.22. The molecule has 0 atom stereocenters. The average Bonchev–Trinajstić information content (AvgIpc) is 3.07. The zero-order chi connectivity index (χ0) is 20.8. The fraction of sp³-hybridized carbons (Fsp3) is 0.227. The summed E-state index contributed by atoms with van der Waals surface area (Å²) < 4.78 is 5.66. The number of nitrogens with one attached hydrogen (secondary N) is 1. The van der Waals surface area contributed by atoms with E-state index < -0.39 is 5.97 Å². The molecule has 0 aliphatic heterocycles. The predicted octanol–water partition coefficient (Wildman–Crippen LogP) is 2.53. The standard InChI is InChI=1S/C22H22N2O4S/c1-14-3-5-16(6-4-14)17-7-9-18(10-8-17)28-12-11-23-19(25)13-20-24-15(2)21(29-20)22(26)27/h3-10H,11-13H2,1-2H3,(H,23,25)(H,26,27)/p-1. The summed E-state index contributed by atoms with van der Waals surface area (Å²) in [5.74, 6) is -0.778. The van der Waals surface area contributed by atoms with Crippen molar-refractivity contribution in [1.82, 2.24) is 10.3 Å². The van der Waals surface area contributed by atoms with Gasteiger partial charge in [0.2, 0.25) is 5.91 Å². The summed E-state index contributed by atoms with van der Waals surface area (Å²) in [4.78, 5) is 27.1. The smallest absolute Gasteiger partial charge is 0.226 e. The van der Waals surface area contributed by atoms with Crippen LogP contribution < -0.4 is 15.2 Å².